The number of primary amides is 1. The van der Waals surface area contributed by atoms with Crippen LogP contribution in [0.15, 0.2) is 85.5 Å². The second-order valence-corrected chi connectivity index (χ2v) is 5.04. The van der Waals surface area contributed by atoms with E-state index in [0.717, 1.165) is 6.08 Å². The average Bonchev–Trinajstić information content (AvgIpc) is 2.75. The lowest BCUT2D eigenvalue weighted by Crippen LogP contribution is -2.11. The lowest BCUT2D eigenvalue weighted by atomic mass is 10.1. The number of carboxylic acid groups (broad SMARTS) is 3. The van der Waals surface area contributed by atoms with Crippen LogP contribution >= 0.6 is 0 Å². The van der Waals surface area contributed by atoms with Gasteiger partial charge in [0.05, 0.1) is 6.61 Å². The summed E-state index contributed by atoms with van der Waals surface area (Å²) in [5.74, 6) is -3.50. The summed E-state index contributed by atoms with van der Waals surface area (Å²) in [5, 5.41) is 23.2. The van der Waals surface area contributed by atoms with Crippen molar-refractivity contribution in [3.63, 3.8) is 0 Å². The smallest absolute Gasteiger partial charge is 0.404 e. The standard InChI is InChI=1S/C12H10.C4H4O4.C3H7NO2.C3H4O2/c1-3-7-11(8-4-1)12-9-5-2-6-10-12;5-3(6)1-2-4(7)8;1-2-6-3(4)5;1-2-3(4)5/h1-10H;1-2H,(H,5,6)(H,7,8);2H2,1H3,(H2,4,5);2H,1H2,(H,4,5)/b;2-1-;;. The van der Waals surface area contributed by atoms with Crippen molar-refractivity contribution in [3.05, 3.63) is 85.5 Å². The lowest BCUT2D eigenvalue weighted by molar-refractivity contribution is -0.134. The number of benzene rings is 2. The van der Waals surface area contributed by atoms with E-state index in [1.807, 2.05) is 12.1 Å². The molecule has 0 spiro atoms. The molecule has 0 fully saturated rings. The maximum absolute atomic E-state index is 9.60. The van der Waals surface area contributed by atoms with Crippen molar-refractivity contribution in [2.45, 2.75) is 6.92 Å². The molecule has 0 atom stereocenters. The Morgan fingerprint density at radius 1 is 0.806 bits per heavy atom. The highest BCUT2D eigenvalue weighted by Gasteiger charge is 1.92. The molecular formula is C22H25NO8. The zero-order valence-electron chi connectivity index (χ0n) is 16.9. The molecule has 0 aliphatic rings. The third-order valence-electron chi connectivity index (χ3n) is 2.71. The molecule has 9 nitrogen and oxygen atoms in total. The van der Waals surface area contributed by atoms with Crippen molar-refractivity contribution in [1.29, 1.82) is 0 Å². The highest BCUT2D eigenvalue weighted by molar-refractivity contribution is 5.89. The van der Waals surface area contributed by atoms with Gasteiger partial charge in [-0.05, 0) is 18.1 Å². The van der Waals surface area contributed by atoms with E-state index in [4.69, 9.17) is 15.3 Å². The zero-order valence-corrected chi connectivity index (χ0v) is 16.9. The van der Waals surface area contributed by atoms with E-state index in [2.05, 4.69) is 65.6 Å². The molecule has 166 valence electrons. The molecule has 0 heterocycles. The summed E-state index contributed by atoms with van der Waals surface area (Å²) < 4.78 is 4.18. The quantitative estimate of drug-likeness (QED) is 0.523. The van der Waals surface area contributed by atoms with E-state index in [9.17, 15) is 19.2 Å². The Kier molecular flexibility index (Phi) is 17.6. The summed E-state index contributed by atoms with van der Waals surface area (Å²) in [6.07, 6.45) is 1.24. The van der Waals surface area contributed by atoms with Crippen LogP contribution in [0.3, 0.4) is 0 Å². The highest BCUT2D eigenvalue weighted by atomic mass is 16.5. The van der Waals surface area contributed by atoms with Gasteiger partial charge in [-0.15, -0.1) is 0 Å². The van der Waals surface area contributed by atoms with Gasteiger partial charge in [0.25, 0.3) is 0 Å². The van der Waals surface area contributed by atoms with Crippen LogP contribution in [-0.2, 0) is 19.1 Å². The Morgan fingerprint density at radius 2 is 1.13 bits per heavy atom. The molecule has 31 heavy (non-hydrogen) atoms. The number of carbonyl (C=O) groups excluding carboxylic acids is 1. The van der Waals surface area contributed by atoms with E-state index >= 15 is 0 Å². The molecule has 1 amide bonds. The van der Waals surface area contributed by atoms with E-state index in [1.165, 1.54) is 11.1 Å². The number of carbonyl (C=O) groups is 4. The average molecular weight is 431 g/mol. The number of carboxylic acids is 3. The number of nitrogens with two attached hydrogens (primary N) is 1. The van der Waals surface area contributed by atoms with E-state index in [0.29, 0.717) is 18.8 Å². The van der Waals surface area contributed by atoms with Crippen LogP contribution in [0, 0.1) is 0 Å². The van der Waals surface area contributed by atoms with Crippen LogP contribution < -0.4 is 5.73 Å². The molecule has 9 heteroatoms. The molecule has 2 rings (SSSR count). The number of amides is 1. The number of hydrogen-bond donors (Lipinski definition) is 4. The van der Waals surface area contributed by atoms with Gasteiger partial charge < -0.3 is 25.8 Å². The molecule has 0 radical (unpaired) electrons. The predicted molar refractivity (Wildman–Crippen MR) is 115 cm³/mol. The second-order valence-electron chi connectivity index (χ2n) is 5.04. The van der Waals surface area contributed by atoms with Crippen LogP contribution in [0.5, 0.6) is 0 Å². The van der Waals surface area contributed by atoms with Gasteiger partial charge in [-0.2, -0.15) is 0 Å². The van der Waals surface area contributed by atoms with Crippen molar-refractivity contribution in [2.24, 2.45) is 5.73 Å². The first-order valence-electron chi connectivity index (χ1n) is 8.65. The minimum absolute atomic E-state index is 0.356. The Labute approximate surface area is 179 Å². The van der Waals surface area contributed by atoms with Gasteiger partial charge >= 0.3 is 24.0 Å². The van der Waals surface area contributed by atoms with Gasteiger partial charge in [0.1, 0.15) is 0 Å². The molecule has 0 saturated heterocycles. The van der Waals surface area contributed by atoms with Crippen LogP contribution in [0.25, 0.3) is 11.1 Å². The highest BCUT2D eigenvalue weighted by Crippen LogP contribution is 2.17. The second kappa shape index (κ2) is 18.9. The molecule has 0 bridgehead atoms. The van der Waals surface area contributed by atoms with Gasteiger partial charge in [-0.3, -0.25) is 0 Å². The Hall–Kier alpha value is -4.40. The zero-order chi connectivity index (χ0) is 24.1. The monoisotopic (exact) mass is 431 g/mol. The molecule has 0 unspecified atom stereocenters. The van der Waals surface area contributed by atoms with E-state index in [-0.39, 0.29) is 0 Å². The van der Waals surface area contributed by atoms with Crippen LogP contribution in [0.1, 0.15) is 6.92 Å². The molecule has 2 aromatic rings. The normalized spacial score (nSPS) is 8.68. The van der Waals surface area contributed by atoms with Crippen LogP contribution in [0.4, 0.5) is 4.79 Å². The summed E-state index contributed by atoms with van der Waals surface area (Å²) in [5.41, 5.74) is 7.09. The molecule has 0 saturated carbocycles. The third-order valence-corrected chi connectivity index (χ3v) is 2.71. The van der Waals surface area contributed by atoms with Crippen molar-refractivity contribution >= 4 is 24.0 Å². The maximum Gasteiger partial charge on any atom is 0.404 e. The van der Waals surface area contributed by atoms with Crippen LogP contribution in [-0.4, -0.2) is 45.9 Å². The number of aliphatic carboxylic acids is 3. The predicted octanol–water partition coefficient (Wildman–Crippen LogP) is 3.42. The van der Waals surface area contributed by atoms with Crippen LogP contribution in [0.2, 0.25) is 0 Å². The van der Waals surface area contributed by atoms with Crippen molar-refractivity contribution < 1.29 is 39.2 Å². The fourth-order valence-corrected chi connectivity index (χ4v) is 1.55. The van der Waals surface area contributed by atoms with Gasteiger partial charge in [0.15, 0.2) is 0 Å². The lowest BCUT2D eigenvalue weighted by Gasteiger charge is -1.98. The first kappa shape index (κ1) is 28.8. The number of ether oxygens (including phenoxy) is 1. The molecule has 0 aliphatic heterocycles. The summed E-state index contributed by atoms with van der Waals surface area (Å²) in [4.78, 5) is 38.0. The number of rotatable bonds is 5. The maximum atomic E-state index is 9.60. The van der Waals surface area contributed by atoms with Gasteiger partial charge in [-0.1, -0.05) is 67.2 Å². The molecule has 2 aromatic carbocycles. The van der Waals surface area contributed by atoms with E-state index < -0.39 is 24.0 Å². The fraction of sp³-hybridized carbons (Fsp3) is 0.0909. The van der Waals surface area contributed by atoms with Crippen molar-refractivity contribution in [3.8, 4) is 11.1 Å². The van der Waals surface area contributed by atoms with Crippen molar-refractivity contribution in [2.75, 3.05) is 6.61 Å². The number of hydrogen-bond acceptors (Lipinski definition) is 5. The summed E-state index contributed by atoms with van der Waals surface area (Å²) in [6.45, 7) is 5.02. The van der Waals surface area contributed by atoms with Gasteiger partial charge in [0, 0.05) is 18.2 Å². The summed E-state index contributed by atoms with van der Waals surface area (Å²) in [6, 6.07) is 20.8. The van der Waals surface area contributed by atoms with Gasteiger partial charge in [-0.25, -0.2) is 19.2 Å². The minimum atomic E-state index is -1.26. The Bertz CT molecular complexity index is 780. The summed E-state index contributed by atoms with van der Waals surface area (Å²) in [7, 11) is 0. The van der Waals surface area contributed by atoms with E-state index in [1.54, 1.807) is 6.92 Å². The largest absolute Gasteiger partial charge is 0.478 e. The van der Waals surface area contributed by atoms with Gasteiger partial charge in [0.2, 0.25) is 0 Å². The topological polar surface area (TPSA) is 164 Å². The molecule has 5 N–H and O–H groups in total. The molecular weight excluding hydrogens is 406 g/mol. The first-order valence-corrected chi connectivity index (χ1v) is 8.65. The minimum Gasteiger partial charge on any atom is -0.478 e. The van der Waals surface area contributed by atoms with Crippen molar-refractivity contribution in [1.82, 2.24) is 0 Å². The first-order chi connectivity index (χ1) is 14.6. The molecule has 0 aromatic heterocycles. The third kappa shape index (κ3) is 21.8. The Morgan fingerprint density at radius 3 is 1.29 bits per heavy atom. The molecule has 0 aliphatic carbocycles. The fourth-order valence-electron chi connectivity index (χ4n) is 1.55. The Balaban J connectivity index is 0. The SMILES string of the molecule is C=CC(=O)O.CCOC(N)=O.O=C(O)/C=C\C(=O)O.c1ccc(-c2ccccc2)cc1. The summed E-state index contributed by atoms with van der Waals surface area (Å²) >= 11 is 0.